The van der Waals surface area contributed by atoms with Gasteiger partial charge in [-0.25, -0.2) is 4.79 Å². The van der Waals surface area contributed by atoms with Crippen LogP contribution in [0.4, 0.5) is 0 Å². The molecule has 0 saturated carbocycles. The minimum Gasteiger partial charge on any atom is -0.465 e. The first-order valence-electron chi connectivity index (χ1n) is 8.13. The zero-order valence-corrected chi connectivity index (χ0v) is 16.3. The van der Waals surface area contributed by atoms with E-state index in [1.807, 2.05) is 12.1 Å². The molecule has 0 aliphatic rings. The Morgan fingerprint density at radius 2 is 1.75 bits per heavy atom. The van der Waals surface area contributed by atoms with Crippen LogP contribution in [0.1, 0.15) is 56.3 Å². The highest BCUT2D eigenvalue weighted by molar-refractivity contribution is 7.09. The monoisotopic (exact) mass is 351 g/mol. The lowest BCUT2D eigenvalue weighted by molar-refractivity contribution is -1.01. The van der Waals surface area contributed by atoms with E-state index in [9.17, 15) is 4.79 Å². The third kappa shape index (κ3) is 4.13. The Morgan fingerprint density at radius 3 is 2.12 bits per heavy atom. The molecule has 1 rings (SSSR count). The fourth-order valence-corrected chi connectivity index (χ4v) is 3.77. The van der Waals surface area contributed by atoms with Crippen LogP contribution >= 0.6 is 9.47 Å². The van der Waals surface area contributed by atoms with E-state index in [1.54, 1.807) is 12.1 Å². The molecule has 0 heterocycles. The Kier molecular flexibility index (Phi) is 7.83. The van der Waals surface area contributed by atoms with Gasteiger partial charge in [-0.3, -0.25) is 4.48 Å². The van der Waals surface area contributed by atoms with E-state index in [0.29, 0.717) is 23.0 Å². The maximum Gasteiger partial charge on any atom is 0.337 e. The third-order valence-corrected chi connectivity index (χ3v) is 4.97. The highest BCUT2D eigenvalue weighted by atomic mass is 31.0. The average Bonchev–Trinajstić information content (AvgIpc) is 2.57. The molecule has 0 N–H and O–H groups in total. The van der Waals surface area contributed by atoms with Gasteiger partial charge in [0.1, 0.15) is 0 Å². The zero-order chi connectivity index (χ0) is 18.3. The number of hydrogen-bond acceptors (Lipinski definition) is 4. The fourth-order valence-electron chi connectivity index (χ4n) is 3.39. The van der Waals surface area contributed by atoms with Crippen LogP contribution in [0.2, 0.25) is 0 Å². The molecule has 5 nitrogen and oxygen atoms in total. The molecular weight excluding hydrogens is 323 g/mol. The maximum atomic E-state index is 11.6. The van der Waals surface area contributed by atoms with Gasteiger partial charge in [0.25, 0.3) is 0 Å². The van der Waals surface area contributed by atoms with Crippen LogP contribution in [0.3, 0.4) is 0 Å². The van der Waals surface area contributed by atoms with E-state index in [-0.39, 0.29) is 24.3 Å². The van der Waals surface area contributed by atoms with Crippen LogP contribution in [-0.2, 0) is 9.26 Å². The summed E-state index contributed by atoms with van der Waals surface area (Å²) < 4.78 is 11.2. The summed E-state index contributed by atoms with van der Waals surface area (Å²) in [5, 5.41) is 9.09. The standard InChI is InChI=1S/C18H28N2O3P/c1-13(2)20(14(3)4,12-6-11-19)17(23-24)15-7-9-16(10-8-15)18(21)22-5/h7-10,13-14,17H,6,12,24H2,1-5H3/q+1. The van der Waals surface area contributed by atoms with Crippen molar-refractivity contribution in [3.63, 3.8) is 0 Å². The zero-order valence-electron chi connectivity index (χ0n) is 15.2. The quantitative estimate of drug-likeness (QED) is 0.309. The number of esters is 1. The van der Waals surface area contributed by atoms with Gasteiger partial charge in [0, 0.05) is 15.0 Å². The first-order chi connectivity index (χ1) is 11.3. The largest absolute Gasteiger partial charge is 0.465 e. The number of nitrogens with zero attached hydrogens (tertiary/aromatic N) is 2. The molecule has 0 aliphatic carbocycles. The summed E-state index contributed by atoms with van der Waals surface area (Å²) in [7, 11) is 3.73. The lowest BCUT2D eigenvalue weighted by Gasteiger charge is -2.50. The van der Waals surface area contributed by atoms with Gasteiger partial charge in [0.15, 0.2) is 0 Å². The Labute approximate surface area is 147 Å². The van der Waals surface area contributed by atoms with E-state index < -0.39 is 0 Å². The van der Waals surface area contributed by atoms with Crippen LogP contribution in [0.15, 0.2) is 24.3 Å². The number of carbonyl (C=O) groups excluding carboxylic acids is 1. The second kappa shape index (κ2) is 9.13. The number of hydrogen-bond donors (Lipinski definition) is 0. The van der Waals surface area contributed by atoms with Crippen molar-refractivity contribution in [2.45, 2.75) is 52.4 Å². The van der Waals surface area contributed by atoms with E-state index >= 15 is 0 Å². The van der Waals surface area contributed by atoms with E-state index in [1.165, 1.54) is 7.11 Å². The summed E-state index contributed by atoms with van der Waals surface area (Å²) in [5.74, 6) is -0.358. The lowest BCUT2D eigenvalue weighted by atomic mass is 10.0. The number of quaternary nitrogens is 1. The van der Waals surface area contributed by atoms with Crippen molar-refractivity contribution >= 4 is 15.4 Å². The normalized spacial score (nSPS) is 13.0. The minimum absolute atomic E-state index is 0.241. The second-order valence-electron chi connectivity index (χ2n) is 6.42. The summed E-state index contributed by atoms with van der Waals surface area (Å²) in [6.45, 7) is 9.30. The van der Waals surface area contributed by atoms with E-state index in [4.69, 9.17) is 14.5 Å². The number of nitriles is 1. The number of carbonyl (C=O) groups is 1. The van der Waals surface area contributed by atoms with E-state index in [2.05, 4.69) is 43.2 Å². The van der Waals surface area contributed by atoms with E-state index in [0.717, 1.165) is 5.56 Å². The molecule has 132 valence electrons. The summed E-state index contributed by atoms with van der Waals surface area (Å²) in [4.78, 5) is 11.6. The van der Waals surface area contributed by atoms with Gasteiger partial charge in [0.2, 0.25) is 6.23 Å². The Morgan fingerprint density at radius 1 is 1.21 bits per heavy atom. The number of rotatable bonds is 8. The Bertz CT molecular complexity index is 571. The summed E-state index contributed by atoms with van der Waals surface area (Å²) in [5.41, 5.74) is 1.48. The number of benzene rings is 1. The first kappa shape index (κ1) is 20.6. The lowest BCUT2D eigenvalue weighted by Crippen LogP contribution is -2.60. The van der Waals surface area contributed by atoms with Crippen molar-refractivity contribution in [1.29, 1.82) is 5.26 Å². The van der Waals surface area contributed by atoms with Gasteiger partial charge in [-0.1, -0.05) is 0 Å². The predicted molar refractivity (Wildman–Crippen MR) is 96.9 cm³/mol. The molecule has 1 aromatic carbocycles. The molecule has 0 bridgehead atoms. The van der Waals surface area contributed by atoms with Crippen LogP contribution in [0.25, 0.3) is 0 Å². The number of ether oxygens (including phenoxy) is 1. The van der Waals surface area contributed by atoms with Gasteiger partial charge in [-0.05, 0) is 52.0 Å². The van der Waals surface area contributed by atoms with Crippen molar-refractivity contribution < 1.29 is 18.5 Å². The highest BCUT2D eigenvalue weighted by Crippen LogP contribution is 2.38. The highest BCUT2D eigenvalue weighted by Gasteiger charge is 2.43. The van der Waals surface area contributed by atoms with Crippen molar-refractivity contribution in [3.8, 4) is 6.07 Å². The molecule has 0 aromatic heterocycles. The van der Waals surface area contributed by atoms with Gasteiger partial charge in [-0.15, -0.1) is 0 Å². The van der Waals surface area contributed by atoms with Crippen LogP contribution in [-0.4, -0.2) is 36.2 Å². The maximum absolute atomic E-state index is 11.6. The molecule has 6 heteroatoms. The molecule has 24 heavy (non-hydrogen) atoms. The summed E-state index contributed by atoms with van der Waals surface area (Å²) in [6.07, 6.45) is 0.219. The molecule has 2 unspecified atom stereocenters. The molecular formula is C18H28N2O3P+. The molecule has 1 aromatic rings. The SMILES string of the molecule is COC(=O)c1ccc(C(OP)[N+](CCC#N)(C(C)C)C(C)C)cc1. The van der Waals surface area contributed by atoms with Gasteiger partial charge < -0.3 is 9.26 Å². The predicted octanol–water partition coefficient (Wildman–Crippen LogP) is 3.83. The van der Waals surface area contributed by atoms with Gasteiger partial charge >= 0.3 is 5.97 Å². The molecule has 0 amide bonds. The molecule has 0 aliphatic heterocycles. The van der Waals surface area contributed by atoms with Crippen molar-refractivity contribution in [3.05, 3.63) is 35.4 Å². The van der Waals surface area contributed by atoms with Crippen molar-refractivity contribution in [1.82, 2.24) is 0 Å². The smallest absolute Gasteiger partial charge is 0.337 e. The Balaban J connectivity index is 3.32. The summed E-state index contributed by atoms with van der Waals surface area (Å²) >= 11 is 0. The van der Waals surface area contributed by atoms with Gasteiger partial charge in [0.05, 0.1) is 43.8 Å². The minimum atomic E-state index is -0.358. The molecule has 0 radical (unpaired) electrons. The van der Waals surface area contributed by atoms with Crippen LogP contribution in [0.5, 0.6) is 0 Å². The average molecular weight is 351 g/mol. The van der Waals surface area contributed by atoms with Crippen LogP contribution in [0, 0.1) is 11.3 Å². The van der Waals surface area contributed by atoms with Crippen molar-refractivity contribution in [2.75, 3.05) is 13.7 Å². The molecule has 0 saturated heterocycles. The fraction of sp³-hybridized carbons (Fsp3) is 0.556. The topological polar surface area (TPSA) is 59.3 Å². The Hall–Kier alpha value is -1.47. The third-order valence-electron chi connectivity index (χ3n) is 4.72. The second-order valence-corrected chi connectivity index (χ2v) is 6.69. The molecule has 0 spiro atoms. The number of methoxy groups -OCH3 is 1. The summed E-state index contributed by atoms with van der Waals surface area (Å²) in [6, 6.07) is 10.1. The van der Waals surface area contributed by atoms with Crippen LogP contribution < -0.4 is 0 Å². The first-order valence-corrected chi connectivity index (χ1v) is 8.60. The van der Waals surface area contributed by atoms with Crippen molar-refractivity contribution in [2.24, 2.45) is 0 Å². The molecule has 2 atom stereocenters. The van der Waals surface area contributed by atoms with Gasteiger partial charge in [-0.2, -0.15) is 5.26 Å². The molecule has 0 fully saturated rings.